The van der Waals surface area contributed by atoms with Crippen molar-refractivity contribution in [2.45, 2.75) is 37.9 Å². The molecule has 0 aromatic carbocycles. The zero-order valence-electron chi connectivity index (χ0n) is 9.37. The predicted molar refractivity (Wildman–Crippen MR) is 77.6 cm³/mol. The highest BCUT2D eigenvalue weighted by Crippen LogP contribution is 2.38. The minimum absolute atomic E-state index is 0.468. The number of anilines is 1. The summed E-state index contributed by atoms with van der Waals surface area (Å²) in [5.41, 5.74) is 7.07. The van der Waals surface area contributed by atoms with Gasteiger partial charge >= 0.3 is 0 Å². The van der Waals surface area contributed by atoms with E-state index in [9.17, 15) is 0 Å². The lowest BCUT2D eigenvalue weighted by atomic mass is 10.2. The lowest BCUT2D eigenvalue weighted by Crippen LogP contribution is -2.08. The Balaban J connectivity index is 2.31. The van der Waals surface area contributed by atoms with Crippen LogP contribution >= 0.6 is 34.4 Å². The lowest BCUT2D eigenvalue weighted by Gasteiger charge is -2.11. The summed E-state index contributed by atoms with van der Waals surface area (Å²) in [5.74, 6) is 2.83. The number of nitrogen functional groups attached to an aromatic ring is 1. The minimum Gasteiger partial charge on any atom is -0.383 e. The molecular formula is C11H16IN3S. The van der Waals surface area contributed by atoms with Gasteiger partial charge in [-0.1, -0.05) is 13.3 Å². The Labute approximate surface area is 114 Å². The number of aromatic nitrogens is 2. The zero-order chi connectivity index (χ0) is 11.5. The van der Waals surface area contributed by atoms with Crippen molar-refractivity contribution < 1.29 is 0 Å². The standard InChI is InChI=1S/C11H16IN3S/c1-2-4-7-9(12)10(13)15-11(14-7)8-5-3-6-16-8/h8H,2-6H2,1H3,(H2,13,14,15). The van der Waals surface area contributed by atoms with Gasteiger partial charge in [0.2, 0.25) is 0 Å². The van der Waals surface area contributed by atoms with Crippen molar-refractivity contribution in [3.8, 4) is 0 Å². The summed E-state index contributed by atoms with van der Waals surface area (Å²) in [6.07, 6.45) is 4.56. The second kappa shape index (κ2) is 5.53. The van der Waals surface area contributed by atoms with Crippen LogP contribution in [0.3, 0.4) is 0 Å². The average Bonchev–Trinajstić information content (AvgIpc) is 2.78. The van der Waals surface area contributed by atoms with Gasteiger partial charge in [-0.3, -0.25) is 0 Å². The van der Waals surface area contributed by atoms with Crippen molar-refractivity contribution in [1.82, 2.24) is 9.97 Å². The third-order valence-electron chi connectivity index (χ3n) is 2.67. The zero-order valence-corrected chi connectivity index (χ0v) is 12.3. The highest BCUT2D eigenvalue weighted by molar-refractivity contribution is 14.1. The maximum atomic E-state index is 5.95. The maximum Gasteiger partial charge on any atom is 0.144 e. The molecule has 88 valence electrons. The van der Waals surface area contributed by atoms with Crippen LogP contribution < -0.4 is 5.73 Å². The van der Waals surface area contributed by atoms with Gasteiger partial charge in [-0.05, 0) is 47.6 Å². The Hall–Kier alpha value is -0.0400. The second-order valence-electron chi connectivity index (χ2n) is 3.98. The molecule has 1 aliphatic heterocycles. The normalized spacial score (nSPS) is 20.2. The molecule has 0 amide bonds. The first kappa shape index (κ1) is 12.4. The monoisotopic (exact) mass is 349 g/mol. The molecule has 5 heteroatoms. The Bertz CT molecular complexity index is 378. The maximum absolute atomic E-state index is 5.95. The summed E-state index contributed by atoms with van der Waals surface area (Å²) in [4.78, 5) is 9.12. The van der Waals surface area contributed by atoms with E-state index in [1.807, 2.05) is 11.8 Å². The minimum atomic E-state index is 0.468. The number of halogens is 1. The van der Waals surface area contributed by atoms with E-state index in [0.29, 0.717) is 11.1 Å². The quantitative estimate of drug-likeness (QED) is 0.852. The molecule has 1 aliphatic rings. The molecule has 0 aliphatic carbocycles. The summed E-state index contributed by atoms with van der Waals surface area (Å²) >= 11 is 4.21. The van der Waals surface area contributed by atoms with E-state index in [0.717, 1.165) is 27.9 Å². The molecule has 1 atom stereocenters. The van der Waals surface area contributed by atoms with Crippen molar-refractivity contribution in [3.05, 3.63) is 15.1 Å². The van der Waals surface area contributed by atoms with Crippen molar-refractivity contribution in [2.24, 2.45) is 0 Å². The molecule has 0 saturated carbocycles. The second-order valence-corrected chi connectivity index (χ2v) is 6.37. The third kappa shape index (κ3) is 2.61. The van der Waals surface area contributed by atoms with Crippen LogP contribution in [-0.4, -0.2) is 15.7 Å². The SMILES string of the molecule is CCCc1nc(C2CCCS2)nc(N)c1I. The smallest absolute Gasteiger partial charge is 0.144 e. The summed E-state index contributed by atoms with van der Waals surface area (Å²) < 4.78 is 1.03. The first-order chi connectivity index (χ1) is 7.72. The molecule has 16 heavy (non-hydrogen) atoms. The molecule has 1 saturated heterocycles. The Morgan fingerprint density at radius 3 is 2.94 bits per heavy atom. The molecule has 3 nitrogen and oxygen atoms in total. The van der Waals surface area contributed by atoms with E-state index in [4.69, 9.17) is 5.73 Å². The fraction of sp³-hybridized carbons (Fsp3) is 0.636. The van der Waals surface area contributed by atoms with E-state index in [1.165, 1.54) is 18.6 Å². The third-order valence-corrected chi connectivity index (χ3v) is 5.22. The highest BCUT2D eigenvalue weighted by Gasteiger charge is 2.22. The number of nitrogens with two attached hydrogens (primary N) is 1. The predicted octanol–water partition coefficient (Wildman–Crippen LogP) is 3.18. The van der Waals surface area contributed by atoms with E-state index in [1.54, 1.807) is 0 Å². The van der Waals surface area contributed by atoms with Crippen LogP contribution in [0.2, 0.25) is 0 Å². The van der Waals surface area contributed by atoms with Crippen LogP contribution in [0.5, 0.6) is 0 Å². The molecular weight excluding hydrogens is 333 g/mol. The molecule has 1 fully saturated rings. The van der Waals surface area contributed by atoms with Gasteiger partial charge in [-0.15, -0.1) is 0 Å². The van der Waals surface area contributed by atoms with Crippen LogP contribution in [-0.2, 0) is 6.42 Å². The van der Waals surface area contributed by atoms with Gasteiger partial charge in [-0.2, -0.15) is 11.8 Å². The highest BCUT2D eigenvalue weighted by atomic mass is 127. The molecule has 0 spiro atoms. The van der Waals surface area contributed by atoms with E-state index >= 15 is 0 Å². The summed E-state index contributed by atoms with van der Waals surface area (Å²) in [7, 11) is 0. The van der Waals surface area contributed by atoms with Gasteiger partial charge in [0.25, 0.3) is 0 Å². The molecule has 0 radical (unpaired) electrons. The van der Waals surface area contributed by atoms with Gasteiger partial charge in [0.05, 0.1) is 14.5 Å². The fourth-order valence-corrected chi connectivity index (χ4v) is 3.58. The number of nitrogens with zero attached hydrogens (tertiary/aromatic N) is 2. The Kier molecular flexibility index (Phi) is 4.29. The van der Waals surface area contributed by atoms with Gasteiger partial charge in [0.1, 0.15) is 11.6 Å². The topological polar surface area (TPSA) is 51.8 Å². The van der Waals surface area contributed by atoms with Gasteiger partial charge in [-0.25, -0.2) is 9.97 Å². The molecule has 2 rings (SSSR count). The van der Waals surface area contributed by atoms with Gasteiger partial charge < -0.3 is 5.73 Å². The van der Waals surface area contributed by atoms with Crippen LogP contribution in [0.1, 0.15) is 43.0 Å². The molecule has 1 unspecified atom stereocenters. The number of hydrogen-bond donors (Lipinski definition) is 1. The van der Waals surface area contributed by atoms with Crippen molar-refractivity contribution in [3.63, 3.8) is 0 Å². The summed E-state index contributed by atoms with van der Waals surface area (Å²) in [5, 5.41) is 0.468. The van der Waals surface area contributed by atoms with Crippen LogP contribution in [0.4, 0.5) is 5.82 Å². The Morgan fingerprint density at radius 1 is 1.50 bits per heavy atom. The van der Waals surface area contributed by atoms with Crippen LogP contribution in [0.15, 0.2) is 0 Å². The molecule has 2 N–H and O–H groups in total. The van der Waals surface area contributed by atoms with Crippen LogP contribution in [0, 0.1) is 3.57 Å². The fourth-order valence-electron chi connectivity index (χ4n) is 1.86. The van der Waals surface area contributed by atoms with E-state index < -0.39 is 0 Å². The van der Waals surface area contributed by atoms with Crippen LogP contribution in [0.25, 0.3) is 0 Å². The van der Waals surface area contributed by atoms with Crippen molar-refractivity contribution in [1.29, 1.82) is 0 Å². The van der Waals surface area contributed by atoms with Gasteiger partial charge in [0.15, 0.2) is 0 Å². The Morgan fingerprint density at radius 2 is 2.31 bits per heavy atom. The molecule has 2 heterocycles. The molecule has 0 bridgehead atoms. The van der Waals surface area contributed by atoms with E-state index in [-0.39, 0.29) is 0 Å². The number of aryl methyl sites for hydroxylation is 1. The average molecular weight is 349 g/mol. The lowest BCUT2D eigenvalue weighted by molar-refractivity contribution is 0.756. The number of hydrogen-bond acceptors (Lipinski definition) is 4. The van der Waals surface area contributed by atoms with E-state index in [2.05, 4.69) is 39.5 Å². The largest absolute Gasteiger partial charge is 0.383 e. The number of thioether (sulfide) groups is 1. The summed E-state index contributed by atoms with van der Waals surface area (Å²) in [6.45, 7) is 2.17. The first-order valence-electron chi connectivity index (χ1n) is 5.65. The number of rotatable bonds is 3. The molecule has 1 aromatic heterocycles. The first-order valence-corrected chi connectivity index (χ1v) is 7.78. The molecule has 1 aromatic rings. The van der Waals surface area contributed by atoms with Gasteiger partial charge in [0, 0.05) is 0 Å². The van der Waals surface area contributed by atoms with Crippen molar-refractivity contribution >= 4 is 40.2 Å². The summed E-state index contributed by atoms with van der Waals surface area (Å²) in [6, 6.07) is 0. The van der Waals surface area contributed by atoms with Crippen molar-refractivity contribution in [2.75, 3.05) is 11.5 Å².